The van der Waals surface area contributed by atoms with Gasteiger partial charge in [0, 0.05) is 30.8 Å². The smallest absolute Gasteiger partial charge is 0.325 e. The maximum absolute atomic E-state index is 11.5. The van der Waals surface area contributed by atoms with Crippen molar-refractivity contribution in [2.45, 2.75) is 25.8 Å². The average molecular weight is 238 g/mol. The Morgan fingerprint density at radius 3 is 2.65 bits per heavy atom. The van der Waals surface area contributed by atoms with Crippen LogP contribution < -0.4 is 5.32 Å². The normalized spacial score (nSPS) is 11.8. The molecule has 3 N–H and O–H groups in total. The molecule has 1 atom stereocenters. The number of hydrogen-bond acceptors (Lipinski definition) is 3. The number of carbonyl (C=O) groups is 3. The SMILES string of the molecule is CC(NC(=O)CCC(=O)c1cc[nH]c1)C(=O)O. The molecule has 0 aliphatic carbocycles. The second-order valence-corrected chi connectivity index (χ2v) is 3.65. The first-order valence-electron chi connectivity index (χ1n) is 5.19. The number of H-pyrrole nitrogens is 1. The van der Waals surface area contributed by atoms with Gasteiger partial charge in [-0.3, -0.25) is 14.4 Å². The predicted octanol–water partition coefficient (Wildman–Crippen LogP) is 0.567. The van der Waals surface area contributed by atoms with Gasteiger partial charge in [-0.15, -0.1) is 0 Å². The Kier molecular flexibility index (Phi) is 4.45. The van der Waals surface area contributed by atoms with Crippen molar-refractivity contribution in [3.05, 3.63) is 24.0 Å². The van der Waals surface area contributed by atoms with Crippen LogP contribution in [0, 0.1) is 0 Å². The molecular formula is C11H14N2O4. The van der Waals surface area contributed by atoms with Crippen LogP contribution in [0.5, 0.6) is 0 Å². The number of carbonyl (C=O) groups excluding carboxylic acids is 2. The first-order chi connectivity index (χ1) is 8.00. The molecule has 0 spiro atoms. The van der Waals surface area contributed by atoms with Crippen molar-refractivity contribution < 1.29 is 19.5 Å². The third-order valence-corrected chi connectivity index (χ3v) is 2.25. The number of aromatic amines is 1. The van der Waals surface area contributed by atoms with Gasteiger partial charge in [0.05, 0.1) is 0 Å². The van der Waals surface area contributed by atoms with Crippen LogP contribution in [0.2, 0.25) is 0 Å². The zero-order valence-corrected chi connectivity index (χ0v) is 9.40. The minimum atomic E-state index is -1.10. The molecular weight excluding hydrogens is 224 g/mol. The Balaban J connectivity index is 2.34. The van der Waals surface area contributed by atoms with Gasteiger partial charge in [0.25, 0.3) is 0 Å². The Bertz CT molecular complexity index is 411. The number of ketones is 1. The number of aliphatic carboxylic acids is 1. The van der Waals surface area contributed by atoms with Crippen molar-refractivity contribution in [2.24, 2.45) is 0 Å². The predicted molar refractivity (Wildman–Crippen MR) is 59.6 cm³/mol. The van der Waals surface area contributed by atoms with Crippen molar-refractivity contribution in [1.29, 1.82) is 0 Å². The van der Waals surface area contributed by atoms with Crippen LogP contribution in [-0.2, 0) is 9.59 Å². The zero-order valence-electron chi connectivity index (χ0n) is 9.40. The molecule has 0 radical (unpaired) electrons. The summed E-state index contributed by atoms with van der Waals surface area (Å²) >= 11 is 0. The molecule has 0 saturated carbocycles. The second-order valence-electron chi connectivity index (χ2n) is 3.65. The lowest BCUT2D eigenvalue weighted by Crippen LogP contribution is -2.38. The molecule has 0 aromatic carbocycles. The number of rotatable bonds is 6. The summed E-state index contributed by atoms with van der Waals surface area (Å²) in [4.78, 5) is 36.0. The fourth-order valence-electron chi connectivity index (χ4n) is 1.24. The molecule has 6 nitrogen and oxygen atoms in total. The van der Waals surface area contributed by atoms with Gasteiger partial charge in [-0.05, 0) is 13.0 Å². The van der Waals surface area contributed by atoms with Crippen LogP contribution in [0.4, 0.5) is 0 Å². The number of nitrogens with one attached hydrogen (secondary N) is 2. The van der Waals surface area contributed by atoms with E-state index in [1.807, 2.05) is 0 Å². The van der Waals surface area contributed by atoms with E-state index in [2.05, 4.69) is 10.3 Å². The van der Waals surface area contributed by atoms with Crippen molar-refractivity contribution >= 4 is 17.7 Å². The number of Topliss-reactive ketones (excluding diaryl/α,β-unsaturated/α-hetero) is 1. The second kappa shape index (κ2) is 5.83. The fraction of sp³-hybridized carbons (Fsp3) is 0.364. The number of carboxylic acid groups (broad SMARTS) is 1. The van der Waals surface area contributed by atoms with E-state index in [0.717, 1.165) is 0 Å². The molecule has 0 bridgehead atoms. The van der Waals surface area contributed by atoms with Crippen molar-refractivity contribution in [3.8, 4) is 0 Å². The standard InChI is InChI=1S/C11H14N2O4/c1-7(11(16)17)13-10(15)3-2-9(14)8-4-5-12-6-8/h4-7,12H,2-3H2,1H3,(H,13,15)(H,16,17). The first-order valence-corrected chi connectivity index (χ1v) is 5.19. The van der Waals surface area contributed by atoms with E-state index >= 15 is 0 Å². The summed E-state index contributed by atoms with van der Waals surface area (Å²) in [6.07, 6.45) is 3.23. The molecule has 1 amide bonds. The average Bonchev–Trinajstić information content (AvgIpc) is 2.79. The van der Waals surface area contributed by atoms with Gasteiger partial charge in [0.2, 0.25) is 5.91 Å². The zero-order chi connectivity index (χ0) is 12.8. The first kappa shape index (κ1) is 13.0. The topological polar surface area (TPSA) is 99.3 Å². The van der Waals surface area contributed by atoms with Crippen LogP contribution in [0.1, 0.15) is 30.1 Å². The summed E-state index contributed by atoms with van der Waals surface area (Å²) in [6.45, 7) is 1.37. The van der Waals surface area contributed by atoms with Gasteiger partial charge < -0.3 is 15.4 Å². The van der Waals surface area contributed by atoms with Gasteiger partial charge in [0.1, 0.15) is 6.04 Å². The van der Waals surface area contributed by atoms with E-state index < -0.39 is 17.9 Å². The summed E-state index contributed by atoms with van der Waals surface area (Å²) in [5, 5.41) is 10.9. The third-order valence-electron chi connectivity index (χ3n) is 2.25. The minimum Gasteiger partial charge on any atom is -0.480 e. The Hall–Kier alpha value is -2.11. The maximum Gasteiger partial charge on any atom is 0.325 e. The summed E-state index contributed by atoms with van der Waals surface area (Å²) < 4.78 is 0. The molecule has 1 rings (SSSR count). The molecule has 0 aliphatic heterocycles. The van der Waals surface area contributed by atoms with Crippen LogP contribution in [0.15, 0.2) is 18.5 Å². The highest BCUT2D eigenvalue weighted by molar-refractivity contribution is 5.98. The summed E-state index contributed by atoms with van der Waals surface area (Å²) in [6, 6.07) is 0.685. The van der Waals surface area contributed by atoms with Gasteiger partial charge in [-0.25, -0.2) is 0 Å². The van der Waals surface area contributed by atoms with Gasteiger partial charge >= 0.3 is 5.97 Å². The van der Waals surface area contributed by atoms with E-state index in [4.69, 9.17) is 5.11 Å². The Labute approximate surface area is 98.0 Å². The third kappa shape index (κ3) is 4.10. The lowest BCUT2D eigenvalue weighted by molar-refractivity contribution is -0.141. The van der Waals surface area contributed by atoms with Gasteiger partial charge in [-0.2, -0.15) is 0 Å². The molecule has 1 aromatic rings. The number of hydrogen-bond donors (Lipinski definition) is 3. The largest absolute Gasteiger partial charge is 0.480 e. The number of amides is 1. The lowest BCUT2D eigenvalue weighted by Gasteiger charge is -2.08. The van der Waals surface area contributed by atoms with E-state index in [9.17, 15) is 14.4 Å². The van der Waals surface area contributed by atoms with E-state index in [1.165, 1.54) is 6.92 Å². The Morgan fingerprint density at radius 2 is 2.12 bits per heavy atom. The van der Waals surface area contributed by atoms with Crippen molar-refractivity contribution in [3.63, 3.8) is 0 Å². The molecule has 0 fully saturated rings. The Morgan fingerprint density at radius 1 is 1.41 bits per heavy atom. The van der Waals surface area contributed by atoms with E-state index in [0.29, 0.717) is 5.56 Å². The lowest BCUT2D eigenvalue weighted by atomic mass is 10.1. The molecule has 1 unspecified atom stereocenters. The van der Waals surface area contributed by atoms with Crippen LogP contribution in [0.25, 0.3) is 0 Å². The van der Waals surface area contributed by atoms with E-state index in [1.54, 1.807) is 18.5 Å². The molecule has 17 heavy (non-hydrogen) atoms. The maximum atomic E-state index is 11.5. The van der Waals surface area contributed by atoms with Crippen LogP contribution >= 0.6 is 0 Å². The quantitative estimate of drug-likeness (QED) is 0.631. The number of carboxylic acids is 1. The highest BCUT2D eigenvalue weighted by atomic mass is 16.4. The molecule has 1 heterocycles. The molecule has 1 aromatic heterocycles. The fourth-order valence-corrected chi connectivity index (χ4v) is 1.24. The van der Waals surface area contributed by atoms with Crippen LogP contribution in [0.3, 0.4) is 0 Å². The highest BCUT2D eigenvalue weighted by Gasteiger charge is 2.15. The summed E-state index contributed by atoms with van der Waals surface area (Å²) in [5.41, 5.74) is 0.518. The molecule has 0 saturated heterocycles. The highest BCUT2D eigenvalue weighted by Crippen LogP contribution is 2.04. The molecule has 0 aliphatic rings. The summed E-state index contributed by atoms with van der Waals surface area (Å²) in [5.74, 6) is -1.69. The summed E-state index contributed by atoms with van der Waals surface area (Å²) in [7, 11) is 0. The van der Waals surface area contributed by atoms with Crippen molar-refractivity contribution in [2.75, 3.05) is 0 Å². The monoisotopic (exact) mass is 238 g/mol. The van der Waals surface area contributed by atoms with Crippen LogP contribution in [-0.4, -0.2) is 33.8 Å². The van der Waals surface area contributed by atoms with E-state index in [-0.39, 0.29) is 18.6 Å². The minimum absolute atomic E-state index is 0.0123. The van der Waals surface area contributed by atoms with Crippen molar-refractivity contribution in [1.82, 2.24) is 10.3 Å². The van der Waals surface area contributed by atoms with Gasteiger partial charge in [0.15, 0.2) is 5.78 Å². The number of aromatic nitrogens is 1. The van der Waals surface area contributed by atoms with Gasteiger partial charge in [-0.1, -0.05) is 0 Å². The molecule has 92 valence electrons. The molecule has 6 heteroatoms.